The normalized spacial score (nSPS) is 14.2. The Kier molecular flexibility index (Phi) is 11.9. The highest BCUT2D eigenvalue weighted by Crippen LogP contribution is 2.13. The Balaban J connectivity index is 1.49. The Bertz CT molecular complexity index is 1100. The molecule has 1 fully saturated rings. The fourth-order valence-corrected chi connectivity index (χ4v) is 3.06. The van der Waals surface area contributed by atoms with E-state index in [-0.39, 0.29) is 45.1 Å². The molecule has 0 aromatic heterocycles. The van der Waals surface area contributed by atoms with Crippen molar-refractivity contribution in [3.8, 4) is 0 Å². The SMILES string of the molecule is O=C(CCCC(=O)ON1C(=O)CCC1=O)NCC(=O)NCC(=O)NCC(=O)NNC(=O)CCN1C(=O)C=CC1=O. The molecule has 40 heavy (non-hydrogen) atoms. The molecular formula is C22H27N7O11. The van der Waals surface area contributed by atoms with E-state index >= 15 is 0 Å². The van der Waals surface area contributed by atoms with E-state index in [0.717, 1.165) is 17.1 Å². The fraction of sp³-hybridized carbons (Fsp3) is 0.455. The van der Waals surface area contributed by atoms with Gasteiger partial charge in [0.25, 0.3) is 29.5 Å². The predicted molar refractivity (Wildman–Crippen MR) is 127 cm³/mol. The molecule has 5 N–H and O–H groups in total. The largest absolute Gasteiger partial charge is 0.347 e. The standard InChI is InChI=1S/C22H27N7O11/c30-13(2-1-3-22(39)40-29-20(37)6-7-21(29)38)23-10-15(32)24-11-16(33)25-12-17(34)27-26-14(31)8-9-28-18(35)4-5-19(28)36/h4-5H,1-3,6-12H2,(H,23,30)(H,24,32)(H,25,33)(H,26,31)(H,27,34). The number of nitrogens with zero attached hydrogens (tertiary/aromatic N) is 2. The van der Waals surface area contributed by atoms with Crippen molar-refractivity contribution < 1.29 is 52.8 Å². The second-order valence-corrected chi connectivity index (χ2v) is 8.24. The monoisotopic (exact) mass is 565 g/mol. The summed E-state index contributed by atoms with van der Waals surface area (Å²) in [5.74, 6) is -6.70. The summed E-state index contributed by atoms with van der Waals surface area (Å²) in [5, 5.41) is 7.07. The topological polar surface area (TPSA) is 247 Å². The molecule has 0 unspecified atom stereocenters. The van der Waals surface area contributed by atoms with E-state index < -0.39 is 78.8 Å². The first-order valence-corrected chi connectivity index (χ1v) is 11.9. The van der Waals surface area contributed by atoms with Crippen LogP contribution in [-0.2, 0) is 52.8 Å². The number of hydrogen-bond acceptors (Lipinski definition) is 11. The van der Waals surface area contributed by atoms with Gasteiger partial charge < -0.3 is 20.8 Å². The number of carbonyl (C=O) groups is 10. The summed E-state index contributed by atoms with van der Waals surface area (Å²) in [7, 11) is 0. The average molecular weight is 565 g/mol. The minimum absolute atomic E-state index is 0.0305. The quantitative estimate of drug-likeness (QED) is 0.0993. The van der Waals surface area contributed by atoms with E-state index in [1.54, 1.807) is 0 Å². The number of rotatable bonds is 14. The molecule has 0 spiro atoms. The molecule has 0 saturated carbocycles. The minimum Gasteiger partial charge on any atom is -0.347 e. The number of carbonyl (C=O) groups excluding carboxylic acids is 10. The van der Waals surface area contributed by atoms with Crippen LogP contribution >= 0.6 is 0 Å². The van der Waals surface area contributed by atoms with Crippen LogP contribution in [0.2, 0.25) is 0 Å². The van der Waals surface area contributed by atoms with Gasteiger partial charge in [0.15, 0.2) is 0 Å². The van der Waals surface area contributed by atoms with Crippen LogP contribution < -0.4 is 26.8 Å². The molecule has 0 radical (unpaired) electrons. The van der Waals surface area contributed by atoms with Gasteiger partial charge in [0, 0.05) is 50.8 Å². The lowest BCUT2D eigenvalue weighted by molar-refractivity contribution is -0.197. The molecule has 0 aliphatic carbocycles. The van der Waals surface area contributed by atoms with Crippen LogP contribution in [0.5, 0.6) is 0 Å². The van der Waals surface area contributed by atoms with E-state index in [9.17, 15) is 47.9 Å². The molecule has 2 aliphatic rings. The molecule has 0 bridgehead atoms. The lowest BCUT2D eigenvalue weighted by Gasteiger charge is -2.13. The summed E-state index contributed by atoms with van der Waals surface area (Å²) < 4.78 is 0. The Morgan fingerprint density at radius 3 is 1.73 bits per heavy atom. The number of amides is 9. The maximum absolute atomic E-state index is 11.8. The van der Waals surface area contributed by atoms with Crippen molar-refractivity contribution in [3.63, 3.8) is 0 Å². The van der Waals surface area contributed by atoms with Crippen molar-refractivity contribution >= 4 is 59.1 Å². The smallest absolute Gasteiger partial charge is 0.333 e. The molecule has 2 aliphatic heterocycles. The Labute approximate surface area is 226 Å². The molecule has 18 heteroatoms. The zero-order valence-corrected chi connectivity index (χ0v) is 21.1. The van der Waals surface area contributed by atoms with E-state index in [4.69, 9.17) is 0 Å². The van der Waals surface area contributed by atoms with E-state index in [0.29, 0.717) is 5.06 Å². The number of hydrogen-bond donors (Lipinski definition) is 5. The molecule has 18 nitrogen and oxygen atoms in total. The Morgan fingerprint density at radius 2 is 1.15 bits per heavy atom. The van der Waals surface area contributed by atoms with Gasteiger partial charge in [-0.2, -0.15) is 0 Å². The summed E-state index contributed by atoms with van der Waals surface area (Å²) in [4.78, 5) is 121. The van der Waals surface area contributed by atoms with Crippen molar-refractivity contribution in [3.05, 3.63) is 12.2 Å². The van der Waals surface area contributed by atoms with Crippen molar-refractivity contribution in [1.29, 1.82) is 0 Å². The lowest BCUT2D eigenvalue weighted by Crippen LogP contribution is -2.48. The minimum atomic E-state index is -0.859. The average Bonchev–Trinajstić information content (AvgIpc) is 3.41. The van der Waals surface area contributed by atoms with Crippen LogP contribution in [0, 0.1) is 0 Å². The highest BCUT2D eigenvalue weighted by Gasteiger charge is 2.32. The maximum Gasteiger partial charge on any atom is 0.333 e. The second kappa shape index (κ2) is 15.3. The zero-order valence-electron chi connectivity index (χ0n) is 21.1. The van der Waals surface area contributed by atoms with Crippen LogP contribution in [0.4, 0.5) is 0 Å². The van der Waals surface area contributed by atoms with Crippen molar-refractivity contribution in [2.75, 3.05) is 26.2 Å². The molecule has 0 aromatic carbocycles. The van der Waals surface area contributed by atoms with Crippen LogP contribution in [0.1, 0.15) is 38.5 Å². The molecule has 2 heterocycles. The van der Waals surface area contributed by atoms with Gasteiger partial charge in [-0.3, -0.25) is 58.9 Å². The Morgan fingerprint density at radius 1 is 0.650 bits per heavy atom. The van der Waals surface area contributed by atoms with Gasteiger partial charge in [-0.25, -0.2) is 4.79 Å². The zero-order chi connectivity index (χ0) is 29.7. The summed E-state index contributed by atoms with van der Waals surface area (Å²) in [6, 6.07) is 0. The summed E-state index contributed by atoms with van der Waals surface area (Å²) in [5.41, 5.74) is 4.08. The van der Waals surface area contributed by atoms with Crippen molar-refractivity contribution in [2.45, 2.75) is 38.5 Å². The third-order valence-corrected chi connectivity index (χ3v) is 5.13. The van der Waals surface area contributed by atoms with Crippen LogP contribution in [0.25, 0.3) is 0 Å². The molecule has 9 amide bonds. The van der Waals surface area contributed by atoms with Crippen molar-refractivity contribution in [1.82, 2.24) is 36.8 Å². The third kappa shape index (κ3) is 10.7. The third-order valence-electron chi connectivity index (χ3n) is 5.13. The molecule has 0 aromatic rings. The lowest BCUT2D eigenvalue weighted by atomic mass is 10.2. The van der Waals surface area contributed by atoms with E-state index in [1.165, 1.54) is 0 Å². The predicted octanol–water partition coefficient (Wildman–Crippen LogP) is -4.42. The number of imide groups is 2. The molecule has 1 saturated heterocycles. The van der Waals surface area contributed by atoms with Crippen LogP contribution in [-0.4, -0.2) is 95.3 Å². The van der Waals surface area contributed by atoms with E-state index in [1.807, 2.05) is 5.43 Å². The van der Waals surface area contributed by atoms with Gasteiger partial charge in [-0.05, 0) is 6.42 Å². The van der Waals surface area contributed by atoms with Gasteiger partial charge in [0.1, 0.15) is 0 Å². The fourth-order valence-electron chi connectivity index (χ4n) is 3.06. The summed E-state index contributed by atoms with van der Waals surface area (Å²) in [6.07, 6.45) is 1.44. The molecular weight excluding hydrogens is 538 g/mol. The van der Waals surface area contributed by atoms with Gasteiger partial charge in [-0.1, -0.05) is 0 Å². The highest BCUT2D eigenvalue weighted by atomic mass is 16.7. The van der Waals surface area contributed by atoms with Gasteiger partial charge in [-0.15, -0.1) is 5.06 Å². The Hall–Kier alpha value is -5.16. The van der Waals surface area contributed by atoms with E-state index in [2.05, 4.69) is 26.2 Å². The summed E-state index contributed by atoms with van der Waals surface area (Å²) in [6.45, 7) is -1.70. The molecule has 0 atom stereocenters. The number of nitrogens with one attached hydrogen (secondary N) is 5. The first-order valence-electron chi connectivity index (χ1n) is 11.9. The molecule has 216 valence electrons. The highest BCUT2D eigenvalue weighted by molar-refractivity contribution is 6.13. The number of hydroxylamine groups is 2. The first kappa shape index (κ1) is 31.1. The van der Waals surface area contributed by atoms with Crippen molar-refractivity contribution in [2.24, 2.45) is 0 Å². The molecule has 2 rings (SSSR count). The van der Waals surface area contributed by atoms with Gasteiger partial charge in [0.2, 0.25) is 23.6 Å². The second-order valence-electron chi connectivity index (χ2n) is 8.24. The first-order chi connectivity index (χ1) is 19.0. The number of hydrazine groups is 1. The van der Waals surface area contributed by atoms with Gasteiger partial charge in [0.05, 0.1) is 19.6 Å². The summed E-state index contributed by atoms with van der Waals surface area (Å²) >= 11 is 0. The maximum atomic E-state index is 11.8. The van der Waals surface area contributed by atoms with Crippen LogP contribution in [0.3, 0.4) is 0 Å². The van der Waals surface area contributed by atoms with Crippen LogP contribution in [0.15, 0.2) is 12.2 Å². The van der Waals surface area contributed by atoms with Gasteiger partial charge >= 0.3 is 5.97 Å².